The number of halogens is 1. The molecule has 16 heavy (non-hydrogen) atoms. The second kappa shape index (κ2) is 5.30. The SMILES string of the molecule is CCC1CCN(CC(=O)c2ccc(Cl)s2)C1. The zero-order chi connectivity index (χ0) is 11.5. The van der Waals surface area contributed by atoms with Gasteiger partial charge in [-0.3, -0.25) is 9.69 Å². The summed E-state index contributed by atoms with van der Waals surface area (Å²) in [4.78, 5) is 15.0. The molecule has 0 aliphatic carbocycles. The maximum absolute atomic E-state index is 11.9. The van der Waals surface area contributed by atoms with Crippen LogP contribution in [-0.4, -0.2) is 30.3 Å². The molecule has 2 heterocycles. The summed E-state index contributed by atoms with van der Waals surface area (Å²) in [5.74, 6) is 0.980. The van der Waals surface area contributed by atoms with Gasteiger partial charge in [0.05, 0.1) is 15.8 Å². The van der Waals surface area contributed by atoms with Crippen LogP contribution >= 0.6 is 22.9 Å². The minimum atomic E-state index is 0.202. The first-order valence-electron chi connectivity index (χ1n) is 5.70. The van der Waals surface area contributed by atoms with Crippen molar-refractivity contribution in [3.8, 4) is 0 Å². The number of hydrogen-bond acceptors (Lipinski definition) is 3. The highest BCUT2D eigenvalue weighted by atomic mass is 35.5. The van der Waals surface area contributed by atoms with Crippen molar-refractivity contribution in [2.75, 3.05) is 19.6 Å². The van der Waals surface area contributed by atoms with Crippen LogP contribution in [0.25, 0.3) is 0 Å². The monoisotopic (exact) mass is 257 g/mol. The molecule has 1 saturated heterocycles. The molecule has 1 unspecified atom stereocenters. The van der Waals surface area contributed by atoms with Gasteiger partial charge in [-0.2, -0.15) is 0 Å². The first-order chi connectivity index (χ1) is 7.69. The molecule has 0 bridgehead atoms. The average Bonchev–Trinajstić information content (AvgIpc) is 2.87. The Morgan fingerprint density at radius 3 is 3.00 bits per heavy atom. The van der Waals surface area contributed by atoms with E-state index in [1.165, 1.54) is 24.2 Å². The highest BCUT2D eigenvalue weighted by molar-refractivity contribution is 7.18. The summed E-state index contributed by atoms with van der Waals surface area (Å²) in [5.41, 5.74) is 0. The number of thiophene rings is 1. The number of rotatable bonds is 4. The highest BCUT2D eigenvalue weighted by Gasteiger charge is 2.23. The summed E-state index contributed by atoms with van der Waals surface area (Å²) in [5, 5.41) is 0. The summed E-state index contributed by atoms with van der Waals surface area (Å²) in [7, 11) is 0. The molecule has 0 spiro atoms. The second-order valence-corrected chi connectivity index (χ2v) is 6.04. The molecule has 0 saturated carbocycles. The standard InChI is InChI=1S/C12H16ClNOS/c1-2-9-5-6-14(7-9)8-10(15)11-3-4-12(13)16-11/h3-4,9H,2,5-8H2,1H3. The van der Waals surface area contributed by atoms with Crippen molar-refractivity contribution in [3.63, 3.8) is 0 Å². The third-order valence-electron chi connectivity index (χ3n) is 3.16. The Balaban J connectivity index is 1.89. The first-order valence-corrected chi connectivity index (χ1v) is 6.89. The van der Waals surface area contributed by atoms with Crippen LogP contribution in [0, 0.1) is 5.92 Å². The molecule has 88 valence electrons. The Bertz CT molecular complexity index is 377. The Kier molecular flexibility index (Phi) is 4.00. The van der Waals surface area contributed by atoms with E-state index in [0.717, 1.165) is 23.9 Å². The first kappa shape index (κ1) is 12.1. The smallest absolute Gasteiger partial charge is 0.186 e. The van der Waals surface area contributed by atoms with Gasteiger partial charge in [0.1, 0.15) is 0 Å². The molecule has 1 atom stereocenters. The fourth-order valence-corrected chi connectivity index (χ4v) is 3.11. The van der Waals surface area contributed by atoms with Crippen molar-refractivity contribution in [3.05, 3.63) is 21.3 Å². The molecule has 4 heteroatoms. The van der Waals surface area contributed by atoms with Gasteiger partial charge in [0.25, 0.3) is 0 Å². The quantitative estimate of drug-likeness (QED) is 0.772. The van der Waals surface area contributed by atoms with Crippen LogP contribution in [-0.2, 0) is 0 Å². The van der Waals surface area contributed by atoms with E-state index in [-0.39, 0.29) is 5.78 Å². The van der Waals surface area contributed by atoms with Crippen LogP contribution in [0.3, 0.4) is 0 Å². The lowest BCUT2D eigenvalue weighted by molar-refractivity contribution is 0.0947. The van der Waals surface area contributed by atoms with E-state index in [9.17, 15) is 4.79 Å². The summed E-state index contributed by atoms with van der Waals surface area (Å²) in [6.07, 6.45) is 2.45. The normalized spacial score (nSPS) is 21.5. The molecule has 0 radical (unpaired) electrons. The second-order valence-electron chi connectivity index (χ2n) is 4.32. The molecular weight excluding hydrogens is 242 g/mol. The molecule has 2 nitrogen and oxygen atoms in total. The van der Waals surface area contributed by atoms with Crippen LogP contribution in [0.15, 0.2) is 12.1 Å². The lowest BCUT2D eigenvalue weighted by Crippen LogP contribution is -2.27. The fourth-order valence-electron chi connectivity index (χ4n) is 2.13. The molecule has 2 rings (SSSR count). The van der Waals surface area contributed by atoms with Crippen molar-refractivity contribution in [1.29, 1.82) is 0 Å². The van der Waals surface area contributed by atoms with Gasteiger partial charge in [-0.15, -0.1) is 11.3 Å². The van der Waals surface area contributed by atoms with Crippen LogP contribution in [0.1, 0.15) is 29.4 Å². The largest absolute Gasteiger partial charge is 0.295 e. The van der Waals surface area contributed by atoms with E-state index in [0.29, 0.717) is 10.9 Å². The van der Waals surface area contributed by atoms with Gasteiger partial charge in [-0.05, 0) is 31.0 Å². The van der Waals surface area contributed by atoms with Gasteiger partial charge in [0.15, 0.2) is 5.78 Å². The molecule has 1 aromatic heterocycles. The van der Waals surface area contributed by atoms with Crippen LogP contribution in [0.2, 0.25) is 4.34 Å². The number of nitrogens with zero attached hydrogens (tertiary/aromatic N) is 1. The third-order valence-corrected chi connectivity index (χ3v) is 4.43. The number of Topliss-reactive ketones (excluding diaryl/α,β-unsaturated/α-hetero) is 1. The maximum Gasteiger partial charge on any atom is 0.186 e. The average molecular weight is 258 g/mol. The predicted molar refractivity (Wildman–Crippen MR) is 68.5 cm³/mol. The van der Waals surface area contributed by atoms with Crippen LogP contribution < -0.4 is 0 Å². The highest BCUT2D eigenvalue weighted by Crippen LogP contribution is 2.23. The summed E-state index contributed by atoms with van der Waals surface area (Å²) < 4.78 is 0.691. The zero-order valence-electron chi connectivity index (χ0n) is 9.41. The maximum atomic E-state index is 11.9. The molecule has 1 aliphatic rings. The van der Waals surface area contributed by atoms with E-state index < -0.39 is 0 Å². The molecule has 0 N–H and O–H groups in total. The van der Waals surface area contributed by atoms with Crippen molar-refractivity contribution in [2.24, 2.45) is 5.92 Å². The number of hydrogen-bond donors (Lipinski definition) is 0. The lowest BCUT2D eigenvalue weighted by Gasteiger charge is -2.13. The Morgan fingerprint density at radius 1 is 1.62 bits per heavy atom. The van der Waals surface area contributed by atoms with Gasteiger partial charge in [-0.25, -0.2) is 0 Å². The summed E-state index contributed by atoms with van der Waals surface area (Å²) >= 11 is 7.19. The van der Waals surface area contributed by atoms with Gasteiger partial charge in [0, 0.05) is 6.54 Å². The minimum absolute atomic E-state index is 0.202. The molecule has 1 aromatic rings. The van der Waals surface area contributed by atoms with Gasteiger partial charge < -0.3 is 0 Å². The predicted octanol–water partition coefficient (Wildman–Crippen LogP) is 3.32. The van der Waals surface area contributed by atoms with Crippen molar-refractivity contribution < 1.29 is 4.79 Å². The number of likely N-dealkylation sites (tertiary alicyclic amines) is 1. The summed E-state index contributed by atoms with van der Waals surface area (Å²) in [6.45, 7) is 4.90. The molecule has 1 fully saturated rings. The van der Waals surface area contributed by atoms with Gasteiger partial charge in [0.2, 0.25) is 0 Å². The molecule has 0 amide bonds. The van der Waals surface area contributed by atoms with E-state index >= 15 is 0 Å². The lowest BCUT2D eigenvalue weighted by atomic mass is 10.1. The zero-order valence-corrected chi connectivity index (χ0v) is 11.0. The fraction of sp³-hybridized carbons (Fsp3) is 0.583. The third kappa shape index (κ3) is 2.84. The van der Waals surface area contributed by atoms with Crippen LogP contribution in [0.4, 0.5) is 0 Å². The topological polar surface area (TPSA) is 20.3 Å². The Morgan fingerprint density at radius 2 is 2.44 bits per heavy atom. The molecule has 0 aromatic carbocycles. The van der Waals surface area contributed by atoms with E-state index in [1.807, 2.05) is 6.07 Å². The number of carbonyl (C=O) groups excluding carboxylic acids is 1. The van der Waals surface area contributed by atoms with E-state index in [1.54, 1.807) is 6.07 Å². The minimum Gasteiger partial charge on any atom is -0.295 e. The Hall–Kier alpha value is -0.380. The van der Waals surface area contributed by atoms with Crippen molar-refractivity contribution >= 4 is 28.7 Å². The van der Waals surface area contributed by atoms with Crippen molar-refractivity contribution in [2.45, 2.75) is 19.8 Å². The molecular formula is C12H16ClNOS. The van der Waals surface area contributed by atoms with E-state index in [4.69, 9.17) is 11.6 Å². The van der Waals surface area contributed by atoms with Gasteiger partial charge >= 0.3 is 0 Å². The summed E-state index contributed by atoms with van der Waals surface area (Å²) in [6, 6.07) is 3.61. The van der Waals surface area contributed by atoms with E-state index in [2.05, 4.69) is 11.8 Å². The van der Waals surface area contributed by atoms with Crippen LogP contribution in [0.5, 0.6) is 0 Å². The molecule has 1 aliphatic heterocycles. The van der Waals surface area contributed by atoms with Crippen molar-refractivity contribution in [1.82, 2.24) is 4.90 Å². The number of ketones is 1. The number of carbonyl (C=O) groups is 1. The van der Waals surface area contributed by atoms with Gasteiger partial charge in [-0.1, -0.05) is 24.9 Å². The Labute approximate surface area is 105 Å².